The predicted octanol–water partition coefficient (Wildman–Crippen LogP) is 2.49. The number of aromatic nitrogens is 3. The highest BCUT2D eigenvalue weighted by Crippen LogP contribution is 2.28. The van der Waals surface area contributed by atoms with Crippen LogP contribution in [0.5, 0.6) is 0 Å². The van der Waals surface area contributed by atoms with Crippen LogP contribution in [0.15, 0.2) is 59.8 Å². The number of benzene rings is 2. The number of hydrogen-bond donors (Lipinski definition) is 0. The van der Waals surface area contributed by atoms with E-state index in [4.69, 9.17) is 4.74 Å². The van der Waals surface area contributed by atoms with Gasteiger partial charge in [-0.25, -0.2) is 0 Å². The van der Waals surface area contributed by atoms with Gasteiger partial charge in [-0.1, -0.05) is 42.1 Å². The lowest BCUT2D eigenvalue weighted by molar-refractivity contribution is 0.0664. The number of carbonyl (C=O) groups is 2. The van der Waals surface area contributed by atoms with Crippen LogP contribution < -0.4 is 4.90 Å². The lowest BCUT2D eigenvalue weighted by Gasteiger charge is -2.27. The van der Waals surface area contributed by atoms with Crippen molar-refractivity contribution >= 4 is 29.5 Å². The molecule has 2 amide bonds. The van der Waals surface area contributed by atoms with E-state index in [2.05, 4.69) is 15.1 Å². The van der Waals surface area contributed by atoms with Crippen molar-refractivity contribution in [3.8, 4) is 5.69 Å². The average molecular weight is 436 g/mol. The maximum absolute atomic E-state index is 12.6. The third-order valence-corrected chi connectivity index (χ3v) is 6.26. The minimum atomic E-state index is -0.236. The molecular weight excluding hydrogens is 414 g/mol. The molecule has 2 aliphatic heterocycles. The molecular formula is C22H21N5O3S. The van der Waals surface area contributed by atoms with Crippen molar-refractivity contribution in [2.24, 2.45) is 0 Å². The Balaban J connectivity index is 1.35. The van der Waals surface area contributed by atoms with Crippen LogP contribution >= 0.6 is 11.8 Å². The number of nitrogens with zero attached hydrogens (tertiary/aromatic N) is 5. The molecule has 1 aromatic heterocycles. The standard InChI is InChI=1S/C22H21N5O3S/c28-19-17-8-4-5-9-18(17)20(29)26(19)12-15-31-22-24-23-21(25-10-13-30-14-11-25)27(22)16-6-2-1-3-7-16/h1-9H,10-15H2. The van der Waals surface area contributed by atoms with Crippen molar-refractivity contribution < 1.29 is 14.3 Å². The van der Waals surface area contributed by atoms with Crippen molar-refractivity contribution in [3.63, 3.8) is 0 Å². The molecule has 0 bridgehead atoms. The second-order valence-electron chi connectivity index (χ2n) is 7.21. The highest BCUT2D eigenvalue weighted by molar-refractivity contribution is 7.99. The Hall–Kier alpha value is -3.17. The van der Waals surface area contributed by atoms with Gasteiger partial charge in [0.15, 0.2) is 5.16 Å². The largest absolute Gasteiger partial charge is 0.378 e. The summed E-state index contributed by atoms with van der Waals surface area (Å²) in [6, 6.07) is 16.9. The van der Waals surface area contributed by atoms with E-state index in [9.17, 15) is 9.59 Å². The number of amides is 2. The summed E-state index contributed by atoms with van der Waals surface area (Å²) < 4.78 is 7.49. The first kappa shape index (κ1) is 19.8. The molecule has 31 heavy (non-hydrogen) atoms. The number of morpholine rings is 1. The molecule has 1 saturated heterocycles. The lowest BCUT2D eigenvalue weighted by atomic mass is 10.1. The zero-order valence-electron chi connectivity index (χ0n) is 16.8. The topological polar surface area (TPSA) is 80.6 Å². The van der Waals surface area contributed by atoms with E-state index in [1.807, 2.05) is 34.9 Å². The molecule has 0 radical (unpaired) electrons. The molecule has 0 aliphatic carbocycles. The quantitative estimate of drug-likeness (QED) is 0.435. The highest BCUT2D eigenvalue weighted by Gasteiger charge is 2.34. The Morgan fingerprint density at radius 3 is 2.19 bits per heavy atom. The molecule has 3 heterocycles. The van der Waals surface area contributed by atoms with Gasteiger partial charge in [0, 0.05) is 25.4 Å². The molecule has 1 fully saturated rings. The van der Waals surface area contributed by atoms with Crippen LogP contribution in [0.4, 0.5) is 5.95 Å². The number of ether oxygens (including phenoxy) is 1. The Morgan fingerprint density at radius 1 is 0.871 bits per heavy atom. The summed E-state index contributed by atoms with van der Waals surface area (Å²) in [5.74, 6) is 0.830. The Kier molecular flexibility index (Phi) is 5.44. The Morgan fingerprint density at radius 2 is 1.52 bits per heavy atom. The second kappa shape index (κ2) is 8.52. The fraction of sp³-hybridized carbons (Fsp3) is 0.273. The molecule has 0 spiro atoms. The van der Waals surface area contributed by atoms with Crippen LogP contribution in [-0.2, 0) is 4.74 Å². The maximum atomic E-state index is 12.6. The van der Waals surface area contributed by atoms with E-state index in [1.165, 1.54) is 16.7 Å². The summed E-state index contributed by atoms with van der Waals surface area (Å²) in [7, 11) is 0. The molecule has 158 valence electrons. The molecule has 2 aliphatic rings. The number of fused-ring (bicyclic) bond motifs is 1. The summed E-state index contributed by atoms with van der Waals surface area (Å²) in [5.41, 5.74) is 1.91. The highest BCUT2D eigenvalue weighted by atomic mass is 32.2. The van der Waals surface area contributed by atoms with Crippen LogP contribution in [0.1, 0.15) is 20.7 Å². The molecule has 0 atom stereocenters. The molecule has 0 saturated carbocycles. The van der Waals surface area contributed by atoms with Gasteiger partial charge >= 0.3 is 0 Å². The number of thioether (sulfide) groups is 1. The van der Waals surface area contributed by atoms with Crippen LogP contribution in [0.2, 0.25) is 0 Å². The van der Waals surface area contributed by atoms with E-state index in [1.54, 1.807) is 24.3 Å². The average Bonchev–Trinajstić information content (AvgIpc) is 3.35. The molecule has 0 unspecified atom stereocenters. The molecule has 5 rings (SSSR count). The summed E-state index contributed by atoms with van der Waals surface area (Å²) in [6.07, 6.45) is 0. The summed E-state index contributed by atoms with van der Waals surface area (Å²) in [5, 5.41) is 9.58. The van der Waals surface area contributed by atoms with Crippen molar-refractivity contribution in [2.45, 2.75) is 5.16 Å². The molecule has 9 heteroatoms. The Bertz CT molecular complexity index is 1080. The van der Waals surface area contributed by atoms with Crippen molar-refractivity contribution in [1.82, 2.24) is 19.7 Å². The molecule has 8 nitrogen and oxygen atoms in total. The van der Waals surface area contributed by atoms with Crippen molar-refractivity contribution in [2.75, 3.05) is 43.5 Å². The van der Waals surface area contributed by atoms with Gasteiger partial charge in [-0.3, -0.25) is 19.1 Å². The zero-order valence-corrected chi connectivity index (χ0v) is 17.6. The minimum Gasteiger partial charge on any atom is -0.378 e. The number of carbonyl (C=O) groups excluding carboxylic acids is 2. The number of rotatable bonds is 6. The van der Waals surface area contributed by atoms with Gasteiger partial charge in [-0.15, -0.1) is 10.2 Å². The first-order chi connectivity index (χ1) is 15.2. The number of imide groups is 1. The minimum absolute atomic E-state index is 0.236. The second-order valence-corrected chi connectivity index (χ2v) is 8.27. The fourth-order valence-corrected chi connectivity index (χ4v) is 4.67. The third-order valence-electron chi connectivity index (χ3n) is 5.35. The SMILES string of the molecule is O=C1c2ccccc2C(=O)N1CCSc1nnc(N2CCOCC2)n1-c1ccccc1. The number of anilines is 1. The summed E-state index contributed by atoms with van der Waals surface area (Å²) in [4.78, 5) is 28.7. The van der Waals surface area contributed by atoms with Crippen LogP contribution in [0, 0.1) is 0 Å². The smallest absolute Gasteiger partial charge is 0.261 e. The first-order valence-corrected chi connectivity index (χ1v) is 11.1. The van der Waals surface area contributed by atoms with Gasteiger partial charge < -0.3 is 9.64 Å². The lowest BCUT2D eigenvalue weighted by Crippen LogP contribution is -2.37. The number of para-hydroxylation sites is 1. The Labute approximate surface area is 183 Å². The van der Waals surface area contributed by atoms with E-state index in [0.29, 0.717) is 36.6 Å². The van der Waals surface area contributed by atoms with Crippen LogP contribution in [0.3, 0.4) is 0 Å². The van der Waals surface area contributed by atoms with Gasteiger partial charge in [0.05, 0.1) is 30.0 Å². The van der Waals surface area contributed by atoms with Crippen LogP contribution in [0.25, 0.3) is 5.69 Å². The normalized spacial score (nSPS) is 16.1. The molecule has 3 aromatic rings. The fourth-order valence-electron chi connectivity index (χ4n) is 3.80. The number of hydrogen-bond acceptors (Lipinski definition) is 7. The van der Waals surface area contributed by atoms with E-state index in [-0.39, 0.29) is 11.8 Å². The van der Waals surface area contributed by atoms with Gasteiger partial charge in [0.2, 0.25) is 5.95 Å². The van der Waals surface area contributed by atoms with Crippen molar-refractivity contribution in [1.29, 1.82) is 0 Å². The van der Waals surface area contributed by atoms with Crippen LogP contribution in [-0.4, -0.2) is 70.1 Å². The zero-order chi connectivity index (χ0) is 21.2. The molecule has 2 aromatic carbocycles. The monoisotopic (exact) mass is 435 g/mol. The van der Waals surface area contributed by atoms with Crippen molar-refractivity contribution in [3.05, 3.63) is 65.7 Å². The molecule has 0 N–H and O–H groups in total. The maximum Gasteiger partial charge on any atom is 0.261 e. The van der Waals surface area contributed by atoms with Gasteiger partial charge in [-0.05, 0) is 24.3 Å². The van der Waals surface area contributed by atoms with E-state index < -0.39 is 0 Å². The first-order valence-electron chi connectivity index (χ1n) is 10.2. The van der Waals surface area contributed by atoms with Gasteiger partial charge in [0.25, 0.3) is 11.8 Å². The summed E-state index contributed by atoms with van der Waals surface area (Å²) in [6.45, 7) is 3.13. The van der Waals surface area contributed by atoms with Gasteiger partial charge in [0.1, 0.15) is 0 Å². The van der Waals surface area contributed by atoms with Gasteiger partial charge in [-0.2, -0.15) is 0 Å². The van der Waals surface area contributed by atoms with E-state index in [0.717, 1.165) is 29.9 Å². The third kappa shape index (κ3) is 3.70. The summed E-state index contributed by atoms with van der Waals surface area (Å²) >= 11 is 1.48. The van der Waals surface area contributed by atoms with E-state index >= 15 is 0 Å². The predicted molar refractivity (Wildman–Crippen MR) is 117 cm³/mol.